The third-order valence-corrected chi connectivity index (χ3v) is 9.45. The van der Waals surface area contributed by atoms with Gasteiger partial charge in [0.15, 0.2) is 5.60 Å². The van der Waals surface area contributed by atoms with Crippen molar-refractivity contribution in [2.75, 3.05) is 39.9 Å². The summed E-state index contributed by atoms with van der Waals surface area (Å²) in [4.78, 5) is 48.4. The van der Waals surface area contributed by atoms with Crippen LogP contribution in [-0.4, -0.2) is 111 Å². The first-order valence-corrected chi connectivity index (χ1v) is 15.8. The van der Waals surface area contributed by atoms with Gasteiger partial charge < -0.3 is 44.8 Å². The molecule has 47 heavy (non-hydrogen) atoms. The Bertz CT molecular complexity index is 1440. The number of carbonyl (C=O) groups is 4. The maximum atomic E-state index is 13.6. The lowest BCUT2D eigenvalue weighted by atomic mass is 9.83. The molecule has 0 radical (unpaired) electrons. The number of carboxylic acid groups (broad SMARTS) is 3. The number of hydrogen-bond donors (Lipinski definition) is 5. The van der Waals surface area contributed by atoms with Crippen molar-refractivity contribution in [2.24, 2.45) is 5.92 Å². The minimum Gasteiger partial charge on any atom is -0.508 e. The van der Waals surface area contributed by atoms with Crippen LogP contribution < -0.4 is 0 Å². The van der Waals surface area contributed by atoms with Crippen molar-refractivity contribution in [3.63, 3.8) is 0 Å². The Hall–Kier alpha value is -3.75. The second-order valence-corrected chi connectivity index (χ2v) is 12.8. The molecule has 13 nitrogen and oxygen atoms in total. The van der Waals surface area contributed by atoms with E-state index in [2.05, 4.69) is 29.2 Å². The fraction of sp³-hybridized carbons (Fsp3) is 0.515. The molecule has 3 heterocycles. The van der Waals surface area contributed by atoms with Crippen LogP contribution in [0.15, 0.2) is 42.5 Å². The number of nitrogens with zero attached hydrogens (tertiary/aromatic N) is 2. The first-order chi connectivity index (χ1) is 22.2. The number of halogens is 1. The van der Waals surface area contributed by atoms with Crippen molar-refractivity contribution in [3.8, 4) is 5.75 Å². The highest BCUT2D eigenvalue weighted by atomic mass is 35.5. The monoisotopic (exact) mass is 676 g/mol. The van der Waals surface area contributed by atoms with Gasteiger partial charge in [-0.1, -0.05) is 35.9 Å². The SMILES string of the molecule is CN(C(=O)C(Cc1cc(O)ccc1Cl)CN1CCC2(CC1)OCc1ccccc12)C1CCOC1.O=C(O)CC(O)(CC(=O)O)C(=O)O. The van der Waals surface area contributed by atoms with Crippen LogP contribution in [0.3, 0.4) is 0 Å². The molecule has 14 heteroatoms. The second-order valence-electron chi connectivity index (χ2n) is 12.4. The number of rotatable bonds is 11. The number of fused-ring (bicyclic) bond motifs is 2. The molecule has 2 unspecified atom stereocenters. The third kappa shape index (κ3) is 8.99. The first-order valence-electron chi connectivity index (χ1n) is 15.4. The lowest BCUT2D eigenvalue weighted by molar-refractivity contribution is -0.170. The van der Waals surface area contributed by atoms with Crippen molar-refractivity contribution in [2.45, 2.75) is 62.4 Å². The van der Waals surface area contributed by atoms with Gasteiger partial charge in [-0.05, 0) is 60.6 Å². The molecule has 3 aliphatic rings. The maximum absolute atomic E-state index is 13.6. The van der Waals surface area contributed by atoms with Crippen molar-refractivity contribution in [1.82, 2.24) is 9.80 Å². The van der Waals surface area contributed by atoms with Crippen LogP contribution >= 0.6 is 11.6 Å². The average molecular weight is 677 g/mol. The van der Waals surface area contributed by atoms with Crippen molar-refractivity contribution in [3.05, 3.63) is 64.2 Å². The smallest absolute Gasteiger partial charge is 0.336 e. The number of benzene rings is 2. The van der Waals surface area contributed by atoms with Crippen molar-refractivity contribution < 1.29 is 54.2 Å². The summed E-state index contributed by atoms with van der Waals surface area (Å²) >= 11 is 6.44. The molecule has 5 rings (SSSR count). The Morgan fingerprint density at radius 1 is 1.06 bits per heavy atom. The number of hydrogen-bond acceptors (Lipinski definition) is 9. The van der Waals surface area contributed by atoms with E-state index in [4.69, 9.17) is 41.5 Å². The van der Waals surface area contributed by atoms with E-state index in [0.29, 0.717) is 37.8 Å². The molecular formula is C33H41ClN2O11. The quantitative estimate of drug-likeness (QED) is 0.234. The van der Waals surface area contributed by atoms with Gasteiger partial charge in [0.05, 0.1) is 43.6 Å². The van der Waals surface area contributed by atoms with Gasteiger partial charge in [-0.15, -0.1) is 0 Å². The van der Waals surface area contributed by atoms with E-state index in [0.717, 1.165) is 37.9 Å². The molecule has 0 aromatic heterocycles. The molecule has 2 atom stereocenters. The van der Waals surface area contributed by atoms with Crippen molar-refractivity contribution in [1.29, 1.82) is 0 Å². The highest BCUT2D eigenvalue weighted by Crippen LogP contribution is 2.44. The lowest BCUT2D eigenvalue weighted by Crippen LogP contribution is -2.48. The number of carboxylic acids is 3. The predicted molar refractivity (Wildman–Crippen MR) is 168 cm³/mol. The number of aliphatic carboxylic acids is 3. The molecule has 0 aliphatic carbocycles. The van der Waals surface area contributed by atoms with E-state index in [-0.39, 0.29) is 29.2 Å². The molecule has 2 aromatic rings. The summed E-state index contributed by atoms with van der Waals surface area (Å²) in [5.41, 5.74) is 0.492. The van der Waals surface area contributed by atoms with E-state index in [1.54, 1.807) is 18.2 Å². The number of piperidine rings is 1. The van der Waals surface area contributed by atoms with Crippen LogP contribution in [0.25, 0.3) is 0 Å². The Morgan fingerprint density at radius 2 is 1.72 bits per heavy atom. The fourth-order valence-electron chi connectivity index (χ4n) is 6.43. The molecule has 2 aromatic carbocycles. The summed E-state index contributed by atoms with van der Waals surface area (Å²) in [6, 6.07) is 13.6. The molecule has 256 valence electrons. The number of amides is 1. The predicted octanol–water partition coefficient (Wildman–Crippen LogP) is 2.72. The van der Waals surface area contributed by atoms with Gasteiger partial charge in [0, 0.05) is 38.3 Å². The first kappa shape index (κ1) is 36.1. The molecule has 1 spiro atoms. The molecule has 2 saturated heterocycles. The molecule has 0 saturated carbocycles. The number of phenols is 1. The Labute approximate surface area is 277 Å². The zero-order valence-electron chi connectivity index (χ0n) is 26.1. The topological polar surface area (TPSA) is 194 Å². The van der Waals surface area contributed by atoms with Gasteiger partial charge in [0.25, 0.3) is 0 Å². The Balaban J connectivity index is 0.000000328. The minimum atomic E-state index is -2.74. The number of likely N-dealkylation sites (tertiary alicyclic amines) is 1. The van der Waals surface area contributed by atoms with Crippen LogP contribution in [0.4, 0.5) is 0 Å². The minimum absolute atomic E-state index is 0.109. The number of phenolic OH excluding ortho intramolecular Hbond substituents is 1. The third-order valence-electron chi connectivity index (χ3n) is 9.09. The largest absolute Gasteiger partial charge is 0.508 e. The number of aliphatic hydroxyl groups is 1. The van der Waals surface area contributed by atoms with Gasteiger partial charge in [0.1, 0.15) is 5.75 Å². The molecule has 3 aliphatic heterocycles. The van der Waals surface area contributed by atoms with Gasteiger partial charge >= 0.3 is 17.9 Å². The van der Waals surface area contributed by atoms with Crippen LogP contribution in [-0.2, 0) is 47.3 Å². The van der Waals surface area contributed by atoms with Crippen molar-refractivity contribution >= 4 is 35.4 Å². The molecule has 5 N–H and O–H groups in total. The lowest BCUT2D eigenvalue weighted by Gasteiger charge is -2.40. The number of likely N-dealkylation sites (N-methyl/N-ethyl adjacent to an activating group) is 1. The summed E-state index contributed by atoms with van der Waals surface area (Å²) in [6.07, 6.45) is 0.910. The van der Waals surface area contributed by atoms with Crippen LogP contribution in [0.2, 0.25) is 5.02 Å². The van der Waals surface area contributed by atoms with E-state index >= 15 is 0 Å². The van der Waals surface area contributed by atoms with Gasteiger partial charge in [-0.25, -0.2) is 4.79 Å². The van der Waals surface area contributed by atoms with Gasteiger partial charge in [-0.3, -0.25) is 14.4 Å². The number of aromatic hydroxyl groups is 1. The summed E-state index contributed by atoms with van der Waals surface area (Å²) < 4.78 is 11.8. The zero-order valence-corrected chi connectivity index (χ0v) is 26.9. The Kier molecular flexibility index (Phi) is 11.9. The highest BCUT2D eigenvalue weighted by molar-refractivity contribution is 6.31. The zero-order chi connectivity index (χ0) is 34.4. The molecule has 1 amide bonds. The average Bonchev–Trinajstić information content (AvgIpc) is 3.68. The van der Waals surface area contributed by atoms with Crippen LogP contribution in [0, 0.1) is 5.92 Å². The van der Waals surface area contributed by atoms with Crippen LogP contribution in [0.5, 0.6) is 5.75 Å². The van der Waals surface area contributed by atoms with E-state index in [9.17, 15) is 24.3 Å². The van der Waals surface area contributed by atoms with Crippen LogP contribution in [0.1, 0.15) is 48.8 Å². The second kappa shape index (κ2) is 15.4. The summed E-state index contributed by atoms with van der Waals surface area (Å²) in [7, 11) is 1.88. The fourth-order valence-corrected chi connectivity index (χ4v) is 6.62. The molecule has 2 fully saturated rings. The summed E-state index contributed by atoms with van der Waals surface area (Å²) in [5, 5.41) is 44.4. The Morgan fingerprint density at radius 3 is 2.32 bits per heavy atom. The highest BCUT2D eigenvalue weighted by Gasteiger charge is 2.43. The normalized spacial score (nSPS) is 19.3. The van der Waals surface area contributed by atoms with E-state index in [1.807, 2.05) is 11.9 Å². The number of carbonyl (C=O) groups excluding carboxylic acids is 1. The van der Waals surface area contributed by atoms with E-state index < -0.39 is 36.4 Å². The molecule has 0 bridgehead atoms. The summed E-state index contributed by atoms with van der Waals surface area (Å²) in [5.74, 6) is -5.00. The maximum Gasteiger partial charge on any atom is 0.336 e. The standard InChI is InChI=1S/C27H33ClN2O4.C6H8O7/c1-29(22-8-13-33-18-22)26(32)21(14-20-15-23(31)6-7-25(20)28)16-30-11-9-27(10-12-30)24-5-3-2-4-19(24)17-34-27;7-3(8)1-6(13,5(11)12)2-4(9)10/h2-7,15,21-22,31H,8-14,16-18H2,1H3;13H,1-2H2,(H,7,8)(H,9,10)(H,11,12). The van der Waals surface area contributed by atoms with Gasteiger partial charge in [0.2, 0.25) is 5.91 Å². The van der Waals surface area contributed by atoms with Gasteiger partial charge in [-0.2, -0.15) is 0 Å². The molecular weight excluding hydrogens is 636 g/mol. The summed E-state index contributed by atoms with van der Waals surface area (Å²) in [6.45, 7) is 4.37. The van der Waals surface area contributed by atoms with E-state index in [1.165, 1.54) is 11.1 Å². The number of ether oxygens (including phenoxy) is 2.